The highest BCUT2D eigenvalue weighted by Gasteiger charge is 2.32. The van der Waals surface area contributed by atoms with E-state index in [2.05, 4.69) is 5.32 Å². The molecule has 1 aliphatic heterocycles. The van der Waals surface area contributed by atoms with Crippen molar-refractivity contribution in [2.24, 2.45) is 11.8 Å². The zero-order chi connectivity index (χ0) is 16.3. The van der Waals surface area contributed by atoms with Gasteiger partial charge in [0.25, 0.3) is 0 Å². The number of urea groups is 1. The van der Waals surface area contributed by atoms with Crippen molar-refractivity contribution in [3.05, 3.63) is 34.9 Å². The molecular weight excluding hydrogens is 304 g/mol. The Bertz CT molecular complexity index is 564. The van der Waals surface area contributed by atoms with E-state index in [1.807, 2.05) is 32.0 Å². The van der Waals surface area contributed by atoms with Crippen molar-refractivity contribution in [3.63, 3.8) is 0 Å². The van der Waals surface area contributed by atoms with Crippen LogP contribution in [0, 0.1) is 11.8 Å². The molecule has 1 fully saturated rings. The molecule has 120 valence electrons. The Kier molecular flexibility index (Phi) is 5.29. The maximum Gasteiger partial charge on any atom is 0.317 e. The fourth-order valence-electron chi connectivity index (χ4n) is 2.88. The summed E-state index contributed by atoms with van der Waals surface area (Å²) in [4.78, 5) is 25.1. The van der Waals surface area contributed by atoms with Crippen LogP contribution in [0.1, 0.15) is 31.9 Å². The highest BCUT2D eigenvalue weighted by Crippen LogP contribution is 2.24. The topological polar surface area (TPSA) is 69.6 Å². The number of amides is 2. The summed E-state index contributed by atoms with van der Waals surface area (Å²) in [5, 5.41) is 12.7. The monoisotopic (exact) mass is 324 g/mol. The summed E-state index contributed by atoms with van der Waals surface area (Å²) in [6, 6.07) is 6.87. The Hall–Kier alpha value is -1.75. The number of benzene rings is 1. The maximum absolute atomic E-state index is 12.4. The number of likely N-dealkylation sites (tertiary alicyclic amines) is 1. The number of piperidine rings is 1. The minimum Gasteiger partial charge on any atom is -0.481 e. The van der Waals surface area contributed by atoms with E-state index in [1.165, 1.54) is 0 Å². The molecule has 2 unspecified atom stereocenters. The molecule has 2 rings (SSSR count). The van der Waals surface area contributed by atoms with E-state index in [-0.39, 0.29) is 24.5 Å². The molecule has 0 saturated carbocycles. The van der Waals surface area contributed by atoms with Gasteiger partial charge in [-0.3, -0.25) is 4.79 Å². The highest BCUT2D eigenvalue weighted by atomic mass is 35.5. The number of rotatable bonds is 3. The molecule has 0 spiro atoms. The number of hydrogen-bond donors (Lipinski definition) is 2. The smallest absolute Gasteiger partial charge is 0.317 e. The molecule has 3 atom stereocenters. The van der Waals surface area contributed by atoms with Gasteiger partial charge in [-0.1, -0.05) is 36.7 Å². The van der Waals surface area contributed by atoms with Gasteiger partial charge in [0.05, 0.1) is 12.0 Å². The van der Waals surface area contributed by atoms with Crippen molar-refractivity contribution in [3.8, 4) is 0 Å². The van der Waals surface area contributed by atoms with E-state index in [0.29, 0.717) is 18.0 Å². The molecule has 2 N–H and O–H groups in total. The second-order valence-electron chi connectivity index (χ2n) is 5.97. The zero-order valence-corrected chi connectivity index (χ0v) is 13.5. The molecule has 1 aliphatic rings. The number of nitrogens with zero attached hydrogens (tertiary/aromatic N) is 1. The zero-order valence-electron chi connectivity index (χ0n) is 12.8. The van der Waals surface area contributed by atoms with Crippen LogP contribution < -0.4 is 5.32 Å². The SMILES string of the molecule is CC1CC(C(=O)O)CN(C(=O)N[C@@H](C)c2ccccc2Cl)C1. The third-order valence-electron chi connectivity index (χ3n) is 4.01. The number of aliphatic carboxylic acids is 1. The molecule has 0 aliphatic carbocycles. The Labute approximate surface area is 135 Å². The quantitative estimate of drug-likeness (QED) is 0.897. The molecule has 22 heavy (non-hydrogen) atoms. The number of hydrogen-bond acceptors (Lipinski definition) is 2. The molecule has 1 heterocycles. The summed E-state index contributed by atoms with van der Waals surface area (Å²) in [7, 11) is 0. The van der Waals surface area contributed by atoms with Crippen molar-refractivity contribution in [2.45, 2.75) is 26.3 Å². The first kappa shape index (κ1) is 16.6. The van der Waals surface area contributed by atoms with Gasteiger partial charge in [0, 0.05) is 18.1 Å². The van der Waals surface area contributed by atoms with E-state index in [9.17, 15) is 14.7 Å². The first-order chi connectivity index (χ1) is 10.4. The summed E-state index contributed by atoms with van der Waals surface area (Å²) in [5.41, 5.74) is 0.845. The van der Waals surface area contributed by atoms with E-state index in [1.54, 1.807) is 11.0 Å². The van der Waals surface area contributed by atoms with E-state index < -0.39 is 11.9 Å². The van der Waals surface area contributed by atoms with Gasteiger partial charge in [-0.15, -0.1) is 0 Å². The largest absolute Gasteiger partial charge is 0.481 e. The fourth-order valence-corrected chi connectivity index (χ4v) is 3.18. The Morgan fingerprint density at radius 1 is 1.36 bits per heavy atom. The number of carbonyl (C=O) groups excluding carboxylic acids is 1. The first-order valence-corrected chi connectivity index (χ1v) is 7.79. The van der Waals surface area contributed by atoms with Crippen LogP contribution >= 0.6 is 11.6 Å². The first-order valence-electron chi connectivity index (χ1n) is 7.41. The van der Waals surface area contributed by atoms with Crippen LogP contribution in [0.2, 0.25) is 5.02 Å². The lowest BCUT2D eigenvalue weighted by molar-refractivity contribution is -0.143. The molecule has 5 nitrogen and oxygen atoms in total. The molecular formula is C16H21ClN2O3. The molecule has 0 bridgehead atoms. The summed E-state index contributed by atoms with van der Waals surface area (Å²) >= 11 is 6.13. The lowest BCUT2D eigenvalue weighted by Crippen LogP contribution is -2.49. The van der Waals surface area contributed by atoms with Gasteiger partial charge in [-0.2, -0.15) is 0 Å². The average molecular weight is 325 g/mol. The van der Waals surface area contributed by atoms with Crippen molar-refractivity contribution in [1.82, 2.24) is 10.2 Å². The number of halogens is 1. The van der Waals surface area contributed by atoms with Crippen LogP contribution in [0.15, 0.2) is 24.3 Å². The summed E-state index contributed by atoms with van der Waals surface area (Å²) < 4.78 is 0. The maximum atomic E-state index is 12.4. The van der Waals surface area contributed by atoms with Gasteiger partial charge >= 0.3 is 12.0 Å². The predicted octanol–water partition coefficient (Wildman–Crippen LogP) is 3.15. The Morgan fingerprint density at radius 3 is 2.68 bits per heavy atom. The molecule has 1 aromatic rings. The van der Waals surface area contributed by atoms with Gasteiger partial charge in [-0.25, -0.2) is 4.79 Å². The van der Waals surface area contributed by atoms with E-state index >= 15 is 0 Å². The number of carboxylic acid groups (broad SMARTS) is 1. The van der Waals surface area contributed by atoms with Crippen molar-refractivity contribution >= 4 is 23.6 Å². The molecule has 0 radical (unpaired) electrons. The van der Waals surface area contributed by atoms with Gasteiger partial charge in [0.15, 0.2) is 0 Å². The minimum atomic E-state index is -0.844. The summed E-state index contributed by atoms with van der Waals surface area (Å²) in [6.07, 6.45) is 0.610. The normalized spacial score (nSPS) is 23.0. The lowest BCUT2D eigenvalue weighted by Gasteiger charge is -2.35. The molecule has 2 amide bonds. The van der Waals surface area contributed by atoms with Crippen LogP contribution in [-0.2, 0) is 4.79 Å². The van der Waals surface area contributed by atoms with Gasteiger partial charge < -0.3 is 15.3 Å². The van der Waals surface area contributed by atoms with Crippen LogP contribution in [0.25, 0.3) is 0 Å². The van der Waals surface area contributed by atoms with Crippen LogP contribution in [0.3, 0.4) is 0 Å². The average Bonchev–Trinajstić information content (AvgIpc) is 2.46. The lowest BCUT2D eigenvalue weighted by atomic mass is 9.91. The van der Waals surface area contributed by atoms with Crippen LogP contribution in [0.4, 0.5) is 4.79 Å². The Morgan fingerprint density at radius 2 is 2.05 bits per heavy atom. The van der Waals surface area contributed by atoms with Gasteiger partial charge in [-0.05, 0) is 30.9 Å². The number of carbonyl (C=O) groups is 2. The second kappa shape index (κ2) is 7.01. The van der Waals surface area contributed by atoms with E-state index in [0.717, 1.165) is 5.56 Å². The molecule has 1 saturated heterocycles. The van der Waals surface area contributed by atoms with Crippen LogP contribution in [-0.4, -0.2) is 35.1 Å². The minimum absolute atomic E-state index is 0.177. The van der Waals surface area contributed by atoms with Crippen molar-refractivity contribution < 1.29 is 14.7 Å². The van der Waals surface area contributed by atoms with E-state index in [4.69, 9.17) is 11.6 Å². The van der Waals surface area contributed by atoms with Gasteiger partial charge in [0.1, 0.15) is 0 Å². The Balaban J connectivity index is 2.02. The third kappa shape index (κ3) is 3.91. The highest BCUT2D eigenvalue weighted by molar-refractivity contribution is 6.31. The standard InChI is InChI=1S/C16H21ClN2O3/c1-10-7-12(15(20)21)9-19(8-10)16(22)18-11(2)13-5-3-4-6-14(13)17/h3-6,10-12H,7-9H2,1-2H3,(H,18,22)(H,20,21)/t10?,11-,12?/m0/s1. The molecule has 6 heteroatoms. The van der Waals surface area contributed by atoms with Crippen molar-refractivity contribution in [1.29, 1.82) is 0 Å². The molecule has 1 aromatic carbocycles. The van der Waals surface area contributed by atoms with Crippen molar-refractivity contribution in [2.75, 3.05) is 13.1 Å². The number of carboxylic acids is 1. The second-order valence-corrected chi connectivity index (χ2v) is 6.38. The van der Waals surface area contributed by atoms with Crippen LogP contribution in [0.5, 0.6) is 0 Å². The number of nitrogens with one attached hydrogen (secondary N) is 1. The summed E-state index contributed by atoms with van der Waals surface area (Å²) in [6.45, 7) is 4.65. The van der Waals surface area contributed by atoms with Gasteiger partial charge in [0.2, 0.25) is 0 Å². The fraction of sp³-hybridized carbons (Fsp3) is 0.500. The third-order valence-corrected chi connectivity index (χ3v) is 4.35. The molecule has 0 aromatic heterocycles. The summed E-state index contributed by atoms with van der Waals surface area (Å²) in [5.74, 6) is -1.16. The predicted molar refractivity (Wildman–Crippen MR) is 84.9 cm³/mol.